The fourth-order valence-electron chi connectivity index (χ4n) is 9.97. The first-order chi connectivity index (χ1) is 25.8. The van der Waals surface area contributed by atoms with Crippen molar-refractivity contribution in [3.63, 3.8) is 0 Å². The quantitative estimate of drug-likeness (QED) is 0.0715. The van der Waals surface area contributed by atoms with E-state index in [2.05, 4.69) is 20.4 Å². The summed E-state index contributed by atoms with van der Waals surface area (Å²) in [4.78, 5) is 51.5. The van der Waals surface area contributed by atoms with Crippen LogP contribution in [0.3, 0.4) is 0 Å². The van der Waals surface area contributed by atoms with E-state index in [1.54, 1.807) is 12.1 Å². The molecule has 4 fully saturated rings. The van der Waals surface area contributed by atoms with Crippen molar-refractivity contribution in [3.8, 4) is 11.5 Å². The van der Waals surface area contributed by atoms with Crippen LogP contribution in [-0.2, 0) is 23.9 Å². The van der Waals surface area contributed by atoms with Crippen molar-refractivity contribution in [3.05, 3.63) is 36.4 Å². The molecule has 0 unspecified atom stereocenters. The van der Waals surface area contributed by atoms with Crippen LogP contribution in [0.4, 0.5) is 0 Å². The zero-order valence-corrected chi connectivity index (χ0v) is 32.7. The number of carbonyl (C=O) groups is 4. The van der Waals surface area contributed by atoms with Crippen molar-refractivity contribution in [1.82, 2.24) is 0 Å². The molecule has 0 aliphatic heterocycles. The van der Waals surface area contributed by atoms with Crippen LogP contribution in [0.15, 0.2) is 30.9 Å². The van der Waals surface area contributed by atoms with Crippen LogP contribution in [0.25, 0.3) is 0 Å². The van der Waals surface area contributed by atoms with Gasteiger partial charge in [-0.15, -0.1) is 0 Å². The molecule has 0 bridgehead atoms. The number of esters is 4. The molecule has 4 aliphatic carbocycles. The van der Waals surface area contributed by atoms with Crippen LogP contribution in [0.5, 0.6) is 11.5 Å². The maximum Gasteiger partial charge on any atom is 0.342 e. The average Bonchev–Trinajstić information content (AvgIpc) is 3.20. The van der Waals surface area contributed by atoms with E-state index in [-0.39, 0.29) is 54.1 Å². The van der Waals surface area contributed by atoms with Gasteiger partial charge in [0.2, 0.25) is 0 Å². The molecule has 0 radical (unpaired) electrons. The van der Waals surface area contributed by atoms with Crippen molar-refractivity contribution in [1.29, 1.82) is 0 Å². The van der Waals surface area contributed by atoms with Crippen molar-refractivity contribution in [2.75, 3.05) is 13.2 Å². The van der Waals surface area contributed by atoms with E-state index >= 15 is 0 Å². The summed E-state index contributed by atoms with van der Waals surface area (Å²) in [5.41, 5.74) is 0.0608. The Morgan fingerprint density at radius 1 is 0.642 bits per heavy atom. The smallest absolute Gasteiger partial charge is 0.342 e. The molecule has 1 aromatic carbocycles. The average molecular weight is 735 g/mol. The Hall–Kier alpha value is -3.16. The minimum absolute atomic E-state index is 0.0608. The van der Waals surface area contributed by atoms with Gasteiger partial charge in [-0.3, -0.25) is 9.59 Å². The third-order valence-corrected chi connectivity index (χ3v) is 13.4. The lowest BCUT2D eigenvalue weighted by Crippen LogP contribution is -2.30. The molecule has 0 saturated heterocycles. The highest BCUT2D eigenvalue weighted by Gasteiger charge is 2.35. The molecular weight excluding hydrogens is 668 g/mol. The van der Waals surface area contributed by atoms with Crippen molar-refractivity contribution < 1.29 is 38.1 Å². The molecule has 0 atom stereocenters. The predicted octanol–water partition coefficient (Wildman–Crippen LogP) is 10.6. The molecular formula is C45H66O8. The third-order valence-electron chi connectivity index (χ3n) is 13.4. The third kappa shape index (κ3) is 12.2. The van der Waals surface area contributed by atoms with Crippen LogP contribution in [0, 0.1) is 47.3 Å². The van der Waals surface area contributed by atoms with Crippen LogP contribution in [-0.4, -0.2) is 37.1 Å². The number of benzene rings is 1. The highest BCUT2D eigenvalue weighted by atomic mass is 16.6. The molecule has 0 spiro atoms. The lowest BCUT2D eigenvalue weighted by molar-refractivity contribution is -0.141. The SMILES string of the molecule is C=CC(=O)OCCCCOC(=O)c1cc(OC(=O)C2CCC(C3CCC(CC)CC3)CC2)ccc1OC(=O)C1CCC(C2CCC(CCC)CC2)CC1. The van der Waals surface area contributed by atoms with Gasteiger partial charge in [0.05, 0.1) is 25.0 Å². The fourth-order valence-corrected chi connectivity index (χ4v) is 9.97. The van der Waals surface area contributed by atoms with Gasteiger partial charge in [0.15, 0.2) is 0 Å². The summed E-state index contributed by atoms with van der Waals surface area (Å²) in [7, 11) is 0. The topological polar surface area (TPSA) is 105 Å². The number of carbonyl (C=O) groups excluding carboxylic acids is 4. The number of ether oxygens (including phenoxy) is 4. The maximum absolute atomic E-state index is 13.5. The highest BCUT2D eigenvalue weighted by Crippen LogP contribution is 2.44. The minimum atomic E-state index is -0.658. The number of unbranched alkanes of at least 4 members (excludes halogenated alkanes) is 1. The standard InChI is InChI=1S/C45H66O8/c1-4-9-32-12-16-34(17-13-32)36-20-24-38(25-21-36)44(48)53-41-27-26-39(30-40(41)45(49)51-29-8-7-28-50-42(46)6-3)52-43(47)37-22-18-35(19-23-37)33-14-10-31(5-2)11-15-33/h6,26-27,30-38H,3-5,7-25,28-29H2,1-2H3. The van der Waals surface area contributed by atoms with E-state index < -0.39 is 11.9 Å². The molecule has 53 heavy (non-hydrogen) atoms. The van der Waals surface area contributed by atoms with Crippen LogP contribution >= 0.6 is 0 Å². The second kappa shape index (κ2) is 21.1. The fraction of sp³-hybridized carbons (Fsp3) is 0.733. The van der Waals surface area contributed by atoms with Gasteiger partial charge in [0, 0.05) is 6.08 Å². The van der Waals surface area contributed by atoms with Crippen molar-refractivity contribution in [2.24, 2.45) is 47.3 Å². The van der Waals surface area contributed by atoms with E-state index in [1.165, 1.54) is 76.7 Å². The second-order valence-electron chi connectivity index (χ2n) is 16.7. The van der Waals surface area contributed by atoms with E-state index in [1.807, 2.05) is 0 Å². The zero-order chi connectivity index (χ0) is 37.6. The van der Waals surface area contributed by atoms with Crippen LogP contribution in [0.2, 0.25) is 0 Å². The summed E-state index contributed by atoms with van der Waals surface area (Å²) >= 11 is 0. The van der Waals surface area contributed by atoms with Crippen LogP contribution < -0.4 is 9.47 Å². The molecule has 8 heteroatoms. The van der Waals surface area contributed by atoms with Gasteiger partial charge in [-0.25, -0.2) is 9.59 Å². The van der Waals surface area contributed by atoms with E-state index in [9.17, 15) is 19.2 Å². The Morgan fingerprint density at radius 3 is 1.64 bits per heavy atom. The molecule has 1 aromatic rings. The van der Waals surface area contributed by atoms with E-state index in [0.29, 0.717) is 24.7 Å². The molecule has 0 amide bonds. The van der Waals surface area contributed by atoms with Gasteiger partial charge >= 0.3 is 23.9 Å². The summed E-state index contributed by atoms with van der Waals surface area (Å²) in [6.45, 7) is 8.25. The van der Waals surface area contributed by atoms with Gasteiger partial charge in [0.25, 0.3) is 0 Å². The van der Waals surface area contributed by atoms with Gasteiger partial charge in [-0.2, -0.15) is 0 Å². The largest absolute Gasteiger partial charge is 0.463 e. The summed E-state index contributed by atoms with van der Waals surface area (Å²) < 4.78 is 22.4. The molecule has 0 heterocycles. The predicted molar refractivity (Wildman–Crippen MR) is 205 cm³/mol. The first kappa shape index (κ1) is 41.0. The van der Waals surface area contributed by atoms with E-state index in [4.69, 9.17) is 18.9 Å². The molecule has 0 aromatic heterocycles. The molecule has 4 saturated carbocycles. The number of hydrogen-bond donors (Lipinski definition) is 0. The molecule has 5 rings (SSSR count). The highest BCUT2D eigenvalue weighted by molar-refractivity contribution is 5.94. The Morgan fingerprint density at radius 2 is 1.13 bits per heavy atom. The van der Waals surface area contributed by atoms with Crippen molar-refractivity contribution in [2.45, 2.75) is 149 Å². The van der Waals surface area contributed by atoms with Crippen molar-refractivity contribution >= 4 is 23.9 Å². The lowest BCUT2D eigenvalue weighted by Gasteiger charge is -2.37. The molecule has 0 N–H and O–H groups in total. The number of hydrogen-bond acceptors (Lipinski definition) is 8. The minimum Gasteiger partial charge on any atom is -0.463 e. The first-order valence-corrected chi connectivity index (χ1v) is 21.3. The summed E-state index contributed by atoms with van der Waals surface area (Å²) in [6, 6.07) is 4.63. The normalized spacial score (nSPS) is 29.0. The Balaban J connectivity index is 1.15. The summed E-state index contributed by atoms with van der Waals surface area (Å²) in [5.74, 6) is 2.94. The van der Waals surface area contributed by atoms with Gasteiger partial charge < -0.3 is 18.9 Å². The Bertz CT molecular complexity index is 1340. The first-order valence-electron chi connectivity index (χ1n) is 21.3. The number of rotatable bonds is 16. The van der Waals surface area contributed by atoms with Gasteiger partial charge in [-0.05, 0) is 144 Å². The van der Waals surface area contributed by atoms with Gasteiger partial charge in [-0.1, -0.05) is 65.4 Å². The van der Waals surface area contributed by atoms with Crippen LogP contribution in [0.1, 0.15) is 159 Å². The molecule has 4 aliphatic rings. The maximum atomic E-state index is 13.5. The Kier molecular flexibility index (Phi) is 16.3. The summed E-state index contributed by atoms with van der Waals surface area (Å²) in [5, 5.41) is 0. The van der Waals surface area contributed by atoms with E-state index in [0.717, 1.165) is 81.1 Å². The molecule has 294 valence electrons. The lowest BCUT2D eigenvalue weighted by atomic mass is 9.69. The van der Waals surface area contributed by atoms with Gasteiger partial charge in [0.1, 0.15) is 17.1 Å². The second-order valence-corrected chi connectivity index (χ2v) is 16.7. The monoisotopic (exact) mass is 734 g/mol. The summed E-state index contributed by atoms with van der Waals surface area (Å²) in [6.07, 6.45) is 24.1. The zero-order valence-electron chi connectivity index (χ0n) is 32.7. The Labute approximate surface area is 318 Å². The molecule has 8 nitrogen and oxygen atoms in total.